The molecule has 0 aliphatic carbocycles. The van der Waals surface area contributed by atoms with Crippen molar-refractivity contribution >= 4 is 0 Å². The Kier molecular flexibility index (Phi) is 6.61. The fourth-order valence-corrected chi connectivity index (χ4v) is 2.86. The second-order valence-electron chi connectivity index (χ2n) is 6.29. The van der Waals surface area contributed by atoms with Crippen LogP contribution < -0.4 is 5.73 Å². The van der Waals surface area contributed by atoms with Crippen LogP contribution in [-0.2, 0) is 0 Å². The molecule has 0 saturated carbocycles. The van der Waals surface area contributed by atoms with Crippen molar-refractivity contribution < 1.29 is 0 Å². The largest absolute Gasteiger partial charge is 0.329 e. The van der Waals surface area contributed by atoms with Crippen LogP contribution in [-0.4, -0.2) is 54.6 Å². The molecule has 0 aromatic heterocycles. The summed E-state index contributed by atoms with van der Waals surface area (Å²) in [7, 11) is 2.23. The summed E-state index contributed by atoms with van der Waals surface area (Å²) >= 11 is 0. The van der Waals surface area contributed by atoms with Crippen LogP contribution in [0.5, 0.6) is 0 Å². The predicted octanol–water partition coefficient (Wildman–Crippen LogP) is 2.31. The summed E-state index contributed by atoms with van der Waals surface area (Å²) < 4.78 is 0. The zero-order valence-electron chi connectivity index (χ0n) is 12.9. The third-order valence-electron chi connectivity index (χ3n) is 4.73. The van der Waals surface area contributed by atoms with Crippen molar-refractivity contribution in [2.75, 3.05) is 33.2 Å². The summed E-state index contributed by atoms with van der Waals surface area (Å²) in [5.74, 6) is 0. The smallest absolute Gasteiger partial charge is 0.0304 e. The Labute approximate surface area is 114 Å². The van der Waals surface area contributed by atoms with Crippen LogP contribution in [0, 0.1) is 0 Å². The molecular formula is C15H33N3. The van der Waals surface area contributed by atoms with E-state index in [2.05, 4.69) is 37.6 Å². The maximum Gasteiger partial charge on any atom is 0.0304 e. The van der Waals surface area contributed by atoms with Gasteiger partial charge in [0.1, 0.15) is 0 Å². The summed E-state index contributed by atoms with van der Waals surface area (Å²) in [6.07, 6.45) is 6.60. The van der Waals surface area contributed by atoms with Crippen LogP contribution in [0.3, 0.4) is 0 Å². The maximum atomic E-state index is 6.08. The van der Waals surface area contributed by atoms with E-state index < -0.39 is 0 Å². The molecule has 1 aliphatic heterocycles. The molecule has 0 bridgehead atoms. The molecule has 0 aromatic carbocycles. The molecule has 0 aromatic rings. The van der Waals surface area contributed by atoms with Gasteiger partial charge in [-0.15, -0.1) is 0 Å². The number of likely N-dealkylation sites (N-methyl/N-ethyl adjacent to an activating group) is 1. The molecule has 0 radical (unpaired) electrons. The quantitative estimate of drug-likeness (QED) is 0.709. The molecule has 18 heavy (non-hydrogen) atoms. The highest BCUT2D eigenvalue weighted by Gasteiger charge is 2.33. The van der Waals surface area contributed by atoms with Crippen LogP contribution >= 0.6 is 0 Å². The average Bonchev–Trinajstić information content (AvgIpc) is 2.37. The number of hydrogen-bond donors (Lipinski definition) is 1. The van der Waals surface area contributed by atoms with E-state index in [1.54, 1.807) is 0 Å². The number of piperazine rings is 1. The number of nitrogens with zero attached hydrogens (tertiary/aromatic N) is 2. The van der Waals surface area contributed by atoms with Gasteiger partial charge in [0, 0.05) is 37.8 Å². The number of rotatable bonds is 7. The number of nitrogens with two attached hydrogens (primary N) is 1. The van der Waals surface area contributed by atoms with Gasteiger partial charge in [0.25, 0.3) is 0 Å². The second kappa shape index (κ2) is 7.46. The van der Waals surface area contributed by atoms with Gasteiger partial charge in [-0.3, -0.25) is 4.90 Å². The van der Waals surface area contributed by atoms with E-state index in [0.29, 0.717) is 6.04 Å². The van der Waals surface area contributed by atoms with E-state index in [4.69, 9.17) is 5.73 Å². The third kappa shape index (κ3) is 4.22. The van der Waals surface area contributed by atoms with Crippen molar-refractivity contribution in [2.24, 2.45) is 5.73 Å². The molecule has 2 unspecified atom stereocenters. The first-order valence-electron chi connectivity index (χ1n) is 7.69. The van der Waals surface area contributed by atoms with Gasteiger partial charge in [0.2, 0.25) is 0 Å². The minimum Gasteiger partial charge on any atom is -0.329 e. The van der Waals surface area contributed by atoms with Gasteiger partial charge in [-0.05, 0) is 27.3 Å². The van der Waals surface area contributed by atoms with E-state index >= 15 is 0 Å². The van der Waals surface area contributed by atoms with Crippen LogP contribution in [0.2, 0.25) is 0 Å². The Balaban J connectivity index is 2.47. The van der Waals surface area contributed by atoms with E-state index in [1.807, 2.05) is 0 Å². The van der Waals surface area contributed by atoms with Crippen molar-refractivity contribution in [1.82, 2.24) is 9.80 Å². The van der Waals surface area contributed by atoms with Crippen molar-refractivity contribution in [2.45, 2.75) is 64.5 Å². The first kappa shape index (κ1) is 15.9. The highest BCUT2D eigenvalue weighted by atomic mass is 15.3. The molecule has 0 spiro atoms. The molecule has 1 aliphatic rings. The predicted molar refractivity (Wildman–Crippen MR) is 79.9 cm³/mol. The standard InChI is InChI=1S/C15H33N3/c1-5-6-7-8-9-15(3,13-16)18-11-10-17(4)14(2)12-18/h14H,5-13,16H2,1-4H3. The van der Waals surface area contributed by atoms with E-state index in [-0.39, 0.29) is 5.54 Å². The Hall–Kier alpha value is -0.120. The van der Waals surface area contributed by atoms with E-state index in [0.717, 1.165) is 13.1 Å². The van der Waals surface area contributed by atoms with Gasteiger partial charge in [-0.1, -0.05) is 32.6 Å². The molecule has 1 fully saturated rings. The maximum absolute atomic E-state index is 6.08. The summed E-state index contributed by atoms with van der Waals surface area (Å²) in [6.45, 7) is 11.2. The highest BCUT2D eigenvalue weighted by Crippen LogP contribution is 2.24. The Morgan fingerprint density at radius 3 is 2.50 bits per heavy atom. The minimum absolute atomic E-state index is 0.212. The average molecular weight is 255 g/mol. The topological polar surface area (TPSA) is 32.5 Å². The van der Waals surface area contributed by atoms with Crippen molar-refractivity contribution in [3.8, 4) is 0 Å². The molecule has 2 N–H and O–H groups in total. The van der Waals surface area contributed by atoms with Gasteiger partial charge < -0.3 is 10.6 Å². The van der Waals surface area contributed by atoms with Crippen molar-refractivity contribution in [3.05, 3.63) is 0 Å². The first-order chi connectivity index (χ1) is 8.53. The van der Waals surface area contributed by atoms with Crippen LogP contribution in [0.1, 0.15) is 52.9 Å². The SMILES string of the molecule is CCCCCCC(C)(CN)N1CCN(C)C(C)C1. The molecule has 1 saturated heterocycles. The molecule has 108 valence electrons. The van der Waals surface area contributed by atoms with Gasteiger partial charge >= 0.3 is 0 Å². The normalized spacial score (nSPS) is 26.2. The zero-order chi connectivity index (χ0) is 13.6. The van der Waals surface area contributed by atoms with E-state index in [1.165, 1.54) is 45.2 Å². The fourth-order valence-electron chi connectivity index (χ4n) is 2.86. The molecule has 3 nitrogen and oxygen atoms in total. The molecule has 3 heteroatoms. The van der Waals surface area contributed by atoms with Gasteiger partial charge in [-0.2, -0.15) is 0 Å². The Morgan fingerprint density at radius 1 is 1.22 bits per heavy atom. The lowest BCUT2D eigenvalue weighted by Gasteiger charge is -2.47. The second-order valence-corrected chi connectivity index (χ2v) is 6.29. The van der Waals surface area contributed by atoms with Gasteiger partial charge in [0.15, 0.2) is 0 Å². The van der Waals surface area contributed by atoms with Gasteiger partial charge in [-0.25, -0.2) is 0 Å². The van der Waals surface area contributed by atoms with Crippen molar-refractivity contribution in [3.63, 3.8) is 0 Å². The fraction of sp³-hybridized carbons (Fsp3) is 1.00. The van der Waals surface area contributed by atoms with Crippen LogP contribution in [0.4, 0.5) is 0 Å². The van der Waals surface area contributed by atoms with Crippen LogP contribution in [0.15, 0.2) is 0 Å². The zero-order valence-corrected chi connectivity index (χ0v) is 12.9. The lowest BCUT2D eigenvalue weighted by molar-refractivity contribution is 0.0217. The monoisotopic (exact) mass is 255 g/mol. The molecule has 2 atom stereocenters. The molecule has 0 amide bonds. The summed E-state index contributed by atoms with van der Waals surface area (Å²) in [6, 6.07) is 0.653. The van der Waals surface area contributed by atoms with Crippen LogP contribution in [0.25, 0.3) is 0 Å². The Bertz CT molecular complexity index is 232. The Morgan fingerprint density at radius 2 is 1.94 bits per heavy atom. The number of hydrogen-bond acceptors (Lipinski definition) is 3. The summed E-state index contributed by atoms with van der Waals surface area (Å²) in [4.78, 5) is 5.08. The molecule has 1 heterocycles. The third-order valence-corrected chi connectivity index (χ3v) is 4.73. The highest BCUT2D eigenvalue weighted by molar-refractivity contribution is 4.91. The number of unbranched alkanes of at least 4 members (excludes halogenated alkanes) is 3. The summed E-state index contributed by atoms with van der Waals surface area (Å²) in [5.41, 5.74) is 6.29. The first-order valence-corrected chi connectivity index (χ1v) is 7.69. The van der Waals surface area contributed by atoms with E-state index in [9.17, 15) is 0 Å². The molecular weight excluding hydrogens is 222 g/mol. The summed E-state index contributed by atoms with van der Waals surface area (Å²) in [5, 5.41) is 0. The lowest BCUT2D eigenvalue weighted by atomic mass is 9.90. The van der Waals surface area contributed by atoms with Crippen molar-refractivity contribution in [1.29, 1.82) is 0 Å². The minimum atomic E-state index is 0.212. The molecule has 1 rings (SSSR count). The lowest BCUT2D eigenvalue weighted by Crippen LogP contribution is -2.60. The van der Waals surface area contributed by atoms with Gasteiger partial charge in [0.05, 0.1) is 0 Å².